The maximum atomic E-state index is 13.3. The average Bonchev–Trinajstić information content (AvgIpc) is 3.30. The third-order valence-corrected chi connectivity index (χ3v) is 7.73. The summed E-state index contributed by atoms with van der Waals surface area (Å²) >= 11 is 0. The van der Waals surface area contributed by atoms with Crippen LogP contribution in [0, 0.1) is 11.3 Å². The van der Waals surface area contributed by atoms with Gasteiger partial charge in [-0.2, -0.15) is 0 Å². The van der Waals surface area contributed by atoms with E-state index in [1.807, 2.05) is 9.80 Å². The smallest absolute Gasteiger partial charge is 0.327 e. The van der Waals surface area contributed by atoms with Crippen LogP contribution in [-0.4, -0.2) is 57.7 Å². The van der Waals surface area contributed by atoms with Gasteiger partial charge in [0.05, 0.1) is 5.60 Å². The van der Waals surface area contributed by atoms with Crippen LogP contribution in [-0.2, 0) is 0 Å². The minimum atomic E-state index is -0.451. The Morgan fingerprint density at radius 1 is 1.21 bits per heavy atom. The molecule has 6 aliphatic rings. The van der Waals surface area contributed by atoms with Crippen LogP contribution in [0.2, 0.25) is 0 Å². The Bertz CT molecular complexity index is 749. The van der Waals surface area contributed by atoms with Crippen molar-refractivity contribution in [2.45, 2.75) is 89.9 Å². The molecule has 7 heteroatoms. The van der Waals surface area contributed by atoms with Crippen molar-refractivity contribution >= 4 is 11.9 Å². The van der Waals surface area contributed by atoms with E-state index in [-0.39, 0.29) is 17.6 Å². The highest BCUT2D eigenvalue weighted by molar-refractivity contribution is 5.94. The molecule has 0 radical (unpaired) electrons. The van der Waals surface area contributed by atoms with Crippen LogP contribution in [0.15, 0.2) is 16.5 Å². The fourth-order valence-electron chi connectivity index (χ4n) is 6.06. The largest absolute Gasteiger partial charge is 0.390 e. The molecule has 2 bridgehead atoms. The Balaban J connectivity index is 1.47. The van der Waals surface area contributed by atoms with Crippen molar-refractivity contribution in [2.24, 2.45) is 16.3 Å². The number of aliphatic imine (C=N–C) groups is 1. The molecular weight excluding hydrogens is 366 g/mol. The summed E-state index contributed by atoms with van der Waals surface area (Å²) in [6.45, 7) is 8.03. The Labute approximate surface area is 173 Å². The maximum Gasteiger partial charge on any atom is 0.327 e. The Hall–Kier alpha value is -1.76. The van der Waals surface area contributed by atoms with Gasteiger partial charge in [0, 0.05) is 24.5 Å². The predicted octanol–water partition coefficient (Wildman–Crippen LogP) is 2.73. The van der Waals surface area contributed by atoms with Crippen molar-refractivity contribution in [2.75, 3.05) is 13.1 Å². The third kappa shape index (κ3) is 2.95. The summed E-state index contributed by atoms with van der Waals surface area (Å²) in [5.74, 6) is 2.58. The van der Waals surface area contributed by atoms with Gasteiger partial charge in [-0.15, -0.1) is 0 Å². The van der Waals surface area contributed by atoms with E-state index in [2.05, 4.69) is 31.4 Å². The maximum absolute atomic E-state index is 13.3. The first-order valence-electron chi connectivity index (χ1n) is 11.5. The number of hydrogen-bond acceptors (Lipinski definition) is 5. The highest BCUT2D eigenvalue weighted by atomic mass is 16.3. The van der Waals surface area contributed by atoms with Crippen molar-refractivity contribution in [3.8, 4) is 0 Å². The van der Waals surface area contributed by atoms with Gasteiger partial charge in [0.25, 0.3) is 0 Å². The van der Waals surface area contributed by atoms with Crippen molar-refractivity contribution < 1.29 is 9.90 Å². The first kappa shape index (κ1) is 19.2. The van der Waals surface area contributed by atoms with Crippen LogP contribution in [0.25, 0.3) is 0 Å². The van der Waals surface area contributed by atoms with Crippen LogP contribution in [0.1, 0.15) is 72.1 Å². The monoisotopic (exact) mass is 401 g/mol. The summed E-state index contributed by atoms with van der Waals surface area (Å²) in [5, 5.41) is 17.9. The number of aliphatic hydroxyl groups is 1. The average molecular weight is 402 g/mol. The second kappa shape index (κ2) is 6.62. The van der Waals surface area contributed by atoms with Gasteiger partial charge in [0.1, 0.15) is 17.4 Å². The van der Waals surface area contributed by atoms with Crippen molar-refractivity contribution in [1.82, 2.24) is 20.4 Å². The summed E-state index contributed by atoms with van der Waals surface area (Å²) in [4.78, 5) is 22.3. The molecule has 3 saturated carbocycles. The minimum absolute atomic E-state index is 0.0388. The molecule has 2 amide bonds. The summed E-state index contributed by atoms with van der Waals surface area (Å²) < 4.78 is 0. The zero-order valence-corrected chi connectivity index (χ0v) is 18.0. The number of nitrogens with zero attached hydrogens (tertiary/aromatic N) is 3. The van der Waals surface area contributed by atoms with E-state index < -0.39 is 5.60 Å². The number of amidine groups is 1. The quantitative estimate of drug-likeness (QED) is 0.662. The number of rotatable bonds is 5. The first-order valence-corrected chi connectivity index (χ1v) is 11.5. The van der Waals surface area contributed by atoms with Gasteiger partial charge < -0.3 is 15.7 Å². The van der Waals surface area contributed by atoms with Gasteiger partial charge in [-0.25, -0.2) is 9.79 Å². The lowest BCUT2D eigenvalue weighted by molar-refractivity contribution is -0.0705. The van der Waals surface area contributed by atoms with E-state index in [0.717, 1.165) is 81.8 Å². The zero-order valence-electron chi connectivity index (χ0n) is 18.0. The number of carbonyl (C=O) groups excluding carboxylic acids is 1. The van der Waals surface area contributed by atoms with E-state index >= 15 is 0 Å². The Morgan fingerprint density at radius 3 is 2.52 bits per heavy atom. The van der Waals surface area contributed by atoms with E-state index in [4.69, 9.17) is 4.99 Å². The van der Waals surface area contributed by atoms with Gasteiger partial charge >= 0.3 is 6.03 Å². The molecule has 1 saturated heterocycles. The molecule has 1 unspecified atom stereocenters. The molecule has 4 fully saturated rings. The Kier molecular flexibility index (Phi) is 4.39. The molecule has 3 N–H and O–H groups in total. The molecule has 29 heavy (non-hydrogen) atoms. The lowest BCUT2D eigenvalue weighted by Crippen LogP contribution is -2.54. The highest BCUT2D eigenvalue weighted by Crippen LogP contribution is 2.53. The van der Waals surface area contributed by atoms with Gasteiger partial charge in [-0.3, -0.25) is 9.80 Å². The van der Waals surface area contributed by atoms with Gasteiger partial charge in [-0.05, 0) is 57.3 Å². The van der Waals surface area contributed by atoms with E-state index in [1.54, 1.807) is 0 Å². The molecule has 6 rings (SSSR count). The van der Waals surface area contributed by atoms with Gasteiger partial charge in [0.2, 0.25) is 0 Å². The summed E-state index contributed by atoms with van der Waals surface area (Å²) in [6.07, 6.45) is 7.29. The minimum Gasteiger partial charge on any atom is -0.390 e. The first-order chi connectivity index (χ1) is 13.8. The van der Waals surface area contributed by atoms with E-state index in [0.29, 0.717) is 12.0 Å². The van der Waals surface area contributed by atoms with Crippen molar-refractivity contribution in [3.05, 3.63) is 11.5 Å². The summed E-state index contributed by atoms with van der Waals surface area (Å²) in [5.41, 5.74) is 0.644. The molecule has 0 aromatic rings. The van der Waals surface area contributed by atoms with Gasteiger partial charge in [-0.1, -0.05) is 20.8 Å². The highest BCUT2D eigenvalue weighted by Gasteiger charge is 2.54. The molecule has 3 aliphatic carbocycles. The number of amides is 2. The lowest BCUT2D eigenvalue weighted by Gasteiger charge is -2.50. The lowest BCUT2D eigenvalue weighted by atomic mass is 9.58. The summed E-state index contributed by atoms with van der Waals surface area (Å²) in [6, 6.07) is 0.382. The van der Waals surface area contributed by atoms with Crippen molar-refractivity contribution in [1.29, 1.82) is 0 Å². The molecule has 2 atom stereocenters. The fourth-order valence-corrected chi connectivity index (χ4v) is 6.06. The van der Waals surface area contributed by atoms with Crippen LogP contribution < -0.4 is 10.6 Å². The molecule has 3 heterocycles. The molecule has 7 nitrogen and oxygen atoms in total. The third-order valence-electron chi connectivity index (χ3n) is 7.73. The van der Waals surface area contributed by atoms with Crippen LogP contribution in [0.4, 0.5) is 4.79 Å². The van der Waals surface area contributed by atoms with Crippen LogP contribution >= 0.6 is 0 Å². The predicted molar refractivity (Wildman–Crippen MR) is 112 cm³/mol. The molecule has 3 aliphatic heterocycles. The van der Waals surface area contributed by atoms with Crippen molar-refractivity contribution in [3.63, 3.8) is 0 Å². The number of urea groups is 1. The Morgan fingerprint density at radius 2 is 1.90 bits per heavy atom. The van der Waals surface area contributed by atoms with E-state index in [9.17, 15) is 9.90 Å². The second-order valence-electron chi connectivity index (χ2n) is 10.3. The number of carbonyl (C=O) groups is 1. The van der Waals surface area contributed by atoms with Crippen LogP contribution in [0.3, 0.4) is 0 Å². The molecule has 160 valence electrons. The fraction of sp³-hybridized carbons (Fsp3) is 0.818. The molecule has 0 aromatic carbocycles. The normalized spacial score (nSPS) is 38.2. The standard InChI is InChI=1S/C22H35N5O2/c1-4-11-26-18-16(17-23-15(12-14(2)3)13-27(17)20(26)28)24-19(25-18)21-5-8-22(29,9-6-21)10-7-21/h14-15,18,23,29H,4-13H2,1-3H3,(H,24,25)/t15-,18?,21?,22?/m1/s1. The van der Waals surface area contributed by atoms with Gasteiger partial charge in [0.15, 0.2) is 6.17 Å². The topological polar surface area (TPSA) is 80.2 Å². The molecular formula is C22H35N5O2. The SMILES string of the molecule is CCCN1C(=O)N2C[C@@H](CC(C)C)NC2=C2NC(C34CCC(O)(CC3)CC4)=NC21. The second-order valence-corrected chi connectivity index (χ2v) is 10.3. The molecule has 0 spiro atoms. The number of nitrogens with one attached hydrogen (secondary N) is 2. The zero-order chi connectivity index (χ0) is 20.4. The molecule has 0 aromatic heterocycles. The van der Waals surface area contributed by atoms with E-state index in [1.165, 1.54) is 0 Å². The van der Waals surface area contributed by atoms with Crippen LogP contribution in [0.5, 0.6) is 0 Å². The number of fused-ring (bicyclic) bond motifs is 5. The summed E-state index contributed by atoms with van der Waals surface area (Å²) in [7, 11) is 0. The number of hydrogen-bond donors (Lipinski definition) is 3.